The molecule has 4 aromatic heterocycles. The third-order valence-corrected chi connectivity index (χ3v) is 7.04. The highest BCUT2D eigenvalue weighted by atomic mass is 16.3. The van der Waals surface area contributed by atoms with E-state index in [1.54, 1.807) is 30.9 Å². The van der Waals surface area contributed by atoms with Gasteiger partial charge in [-0.3, -0.25) is 24.5 Å². The van der Waals surface area contributed by atoms with Crippen LogP contribution in [0.3, 0.4) is 0 Å². The monoisotopic (exact) mass is 481 g/mol. The first-order chi connectivity index (χ1) is 17.5. The molecular weight excluding hydrogens is 454 g/mol. The van der Waals surface area contributed by atoms with E-state index in [2.05, 4.69) is 30.6 Å². The molecule has 0 radical (unpaired) electrons. The van der Waals surface area contributed by atoms with E-state index in [4.69, 9.17) is 0 Å². The zero-order chi connectivity index (χ0) is 24.7. The predicted molar refractivity (Wildman–Crippen MR) is 136 cm³/mol. The van der Waals surface area contributed by atoms with Gasteiger partial charge in [0.15, 0.2) is 0 Å². The van der Waals surface area contributed by atoms with Gasteiger partial charge in [-0.2, -0.15) is 10.2 Å². The Bertz CT molecular complexity index is 1570. The normalized spacial score (nSPS) is 20.1. The number of pyridine rings is 2. The first-order valence-electron chi connectivity index (χ1n) is 12.2. The standard InChI is InChI=1S/C27H27N7O2/c1-17-11-18(6-10-29-17)25-22-12-19(4-5-23(22)32-33-25)26(35)31-21-3-2-8-27(36,13-21)16-34-24-7-9-28-14-20(24)15-30-34/h4-7,9-12,14-15,21,36H,2-3,8,13,16H2,1H3,(H,31,35)(H,32,33)/t21-,27-/m0/s1. The van der Waals surface area contributed by atoms with Crippen LogP contribution in [-0.2, 0) is 6.54 Å². The lowest BCUT2D eigenvalue weighted by Gasteiger charge is -2.37. The van der Waals surface area contributed by atoms with Crippen LogP contribution in [0.25, 0.3) is 33.1 Å². The molecule has 1 amide bonds. The first-order valence-corrected chi connectivity index (χ1v) is 12.2. The Balaban J connectivity index is 1.20. The van der Waals surface area contributed by atoms with E-state index < -0.39 is 5.60 Å². The van der Waals surface area contributed by atoms with Crippen LogP contribution < -0.4 is 5.32 Å². The quantitative estimate of drug-likeness (QED) is 0.351. The summed E-state index contributed by atoms with van der Waals surface area (Å²) < 4.78 is 1.83. The van der Waals surface area contributed by atoms with Crippen LogP contribution in [0.5, 0.6) is 0 Å². The average molecular weight is 482 g/mol. The van der Waals surface area contributed by atoms with Gasteiger partial charge in [-0.25, -0.2) is 0 Å². The van der Waals surface area contributed by atoms with Crippen molar-refractivity contribution in [3.63, 3.8) is 0 Å². The highest BCUT2D eigenvalue weighted by Crippen LogP contribution is 2.32. The molecule has 5 aromatic rings. The molecular formula is C27H27N7O2. The molecule has 0 unspecified atom stereocenters. The summed E-state index contributed by atoms with van der Waals surface area (Å²) >= 11 is 0. The van der Waals surface area contributed by atoms with Crippen molar-refractivity contribution in [2.24, 2.45) is 0 Å². The number of nitrogens with zero attached hydrogens (tertiary/aromatic N) is 5. The number of H-pyrrole nitrogens is 1. The van der Waals surface area contributed by atoms with Gasteiger partial charge in [-0.15, -0.1) is 0 Å². The van der Waals surface area contributed by atoms with Crippen LogP contribution in [0.15, 0.2) is 61.2 Å². The Morgan fingerprint density at radius 2 is 2.14 bits per heavy atom. The van der Waals surface area contributed by atoms with E-state index in [1.807, 2.05) is 41.9 Å². The van der Waals surface area contributed by atoms with E-state index in [1.165, 1.54) is 0 Å². The minimum absolute atomic E-state index is 0.123. The maximum Gasteiger partial charge on any atom is 0.251 e. The summed E-state index contributed by atoms with van der Waals surface area (Å²) in [4.78, 5) is 21.6. The van der Waals surface area contributed by atoms with Crippen molar-refractivity contribution in [3.05, 3.63) is 72.4 Å². The van der Waals surface area contributed by atoms with E-state index in [0.717, 1.165) is 51.6 Å². The number of carbonyl (C=O) groups is 1. The summed E-state index contributed by atoms with van der Waals surface area (Å²) in [7, 11) is 0. The fraction of sp³-hybridized carbons (Fsp3) is 0.296. The summed E-state index contributed by atoms with van der Waals surface area (Å²) in [5.74, 6) is -0.153. The molecule has 36 heavy (non-hydrogen) atoms. The smallest absolute Gasteiger partial charge is 0.251 e. The number of hydrogen-bond donors (Lipinski definition) is 3. The Hall–Kier alpha value is -4.11. The van der Waals surface area contributed by atoms with Gasteiger partial charge in [0.2, 0.25) is 0 Å². The number of fused-ring (bicyclic) bond motifs is 2. The number of aromatic nitrogens is 6. The van der Waals surface area contributed by atoms with Crippen molar-refractivity contribution in [2.75, 3.05) is 0 Å². The molecule has 3 N–H and O–H groups in total. The van der Waals surface area contributed by atoms with Crippen molar-refractivity contribution in [1.82, 2.24) is 35.3 Å². The van der Waals surface area contributed by atoms with E-state index >= 15 is 0 Å². The largest absolute Gasteiger partial charge is 0.388 e. The number of hydrogen-bond acceptors (Lipinski definition) is 6. The first kappa shape index (κ1) is 22.4. The van der Waals surface area contributed by atoms with Crippen LogP contribution in [-0.4, -0.2) is 52.6 Å². The maximum atomic E-state index is 13.2. The Morgan fingerprint density at radius 3 is 3.03 bits per heavy atom. The Morgan fingerprint density at radius 1 is 1.22 bits per heavy atom. The number of aromatic amines is 1. The fourth-order valence-electron chi connectivity index (χ4n) is 5.28. The topological polar surface area (TPSA) is 122 Å². The summed E-state index contributed by atoms with van der Waals surface area (Å²) in [5.41, 5.74) is 4.07. The summed E-state index contributed by atoms with van der Waals surface area (Å²) in [5, 5.41) is 28.4. The highest BCUT2D eigenvalue weighted by molar-refractivity contribution is 6.01. The molecule has 0 aliphatic heterocycles. The summed E-state index contributed by atoms with van der Waals surface area (Å²) in [6.45, 7) is 2.32. The highest BCUT2D eigenvalue weighted by Gasteiger charge is 2.36. The van der Waals surface area contributed by atoms with E-state index in [0.29, 0.717) is 24.9 Å². The van der Waals surface area contributed by atoms with Gasteiger partial charge in [0.25, 0.3) is 5.91 Å². The molecule has 1 saturated carbocycles. The zero-order valence-electron chi connectivity index (χ0n) is 20.0. The summed E-state index contributed by atoms with van der Waals surface area (Å²) in [6, 6.07) is 11.2. The second-order valence-electron chi connectivity index (χ2n) is 9.75. The predicted octanol–water partition coefficient (Wildman–Crippen LogP) is 3.78. The SMILES string of the molecule is Cc1cc(-c2n[nH]c3ccc(C(=O)N[C@H]4CCC[C@@](O)(Cn5ncc6cnccc65)C4)cc23)ccn1. The molecule has 9 heteroatoms. The van der Waals surface area contributed by atoms with Crippen LogP contribution in [0, 0.1) is 6.92 Å². The van der Waals surface area contributed by atoms with Gasteiger partial charge in [-0.05, 0) is 69.0 Å². The van der Waals surface area contributed by atoms with Gasteiger partial charge < -0.3 is 10.4 Å². The van der Waals surface area contributed by atoms with Gasteiger partial charge in [0, 0.05) is 52.2 Å². The molecule has 9 nitrogen and oxygen atoms in total. The zero-order valence-corrected chi connectivity index (χ0v) is 20.0. The lowest BCUT2D eigenvalue weighted by atomic mass is 9.81. The number of aliphatic hydroxyl groups is 1. The molecule has 1 fully saturated rings. The number of amides is 1. The van der Waals surface area contributed by atoms with Crippen molar-refractivity contribution in [2.45, 2.75) is 50.8 Å². The average Bonchev–Trinajstić information content (AvgIpc) is 3.48. The molecule has 2 atom stereocenters. The molecule has 6 rings (SSSR count). The Kier molecular flexibility index (Phi) is 5.49. The number of carbonyl (C=O) groups excluding carboxylic acids is 1. The Labute approximate surface area is 207 Å². The van der Waals surface area contributed by atoms with E-state index in [9.17, 15) is 9.90 Å². The molecule has 0 bridgehead atoms. The van der Waals surface area contributed by atoms with E-state index in [-0.39, 0.29) is 11.9 Å². The maximum absolute atomic E-state index is 13.2. The molecule has 182 valence electrons. The second-order valence-corrected chi connectivity index (χ2v) is 9.75. The lowest BCUT2D eigenvalue weighted by Crippen LogP contribution is -2.47. The van der Waals surface area contributed by atoms with Crippen molar-refractivity contribution in [1.29, 1.82) is 0 Å². The molecule has 1 aliphatic carbocycles. The molecule has 0 saturated heterocycles. The van der Waals surface area contributed by atoms with Gasteiger partial charge in [0.1, 0.15) is 5.69 Å². The van der Waals surface area contributed by atoms with Crippen LogP contribution in [0.1, 0.15) is 41.7 Å². The van der Waals surface area contributed by atoms with Crippen molar-refractivity contribution < 1.29 is 9.90 Å². The molecule has 1 aromatic carbocycles. The van der Waals surface area contributed by atoms with Crippen LogP contribution >= 0.6 is 0 Å². The van der Waals surface area contributed by atoms with Crippen LogP contribution in [0.4, 0.5) is 0 Å². The summed E-state index contributed by atoms with van der Waals surface area (Å²) in [6.07, 6.45) is 9.82. The number of aryl methyl sites for hydroxylation is 1. The van der Waals surface area contributed by atoms with Gasteiger partial charge in [-0.1, -0.05) is 0 Å². The minimum Gasteiger partial charge on any atom is -0.388 e. The van der Waals surface area contributed by atoms with Crippen molar-refractivity contribution in [3.8, 4) is 11.3 Å². The fourth-order valence-corrected chi connectivity index (χ4v) is 5.28. The lowest BCUT2D eigenvalue weighted by molar-refractivity contribution is -0.0227. The molecule has 0 spiro atoms. The van der Waals surface area contributed by atoms with Crippen molar-refractivity contribution >= 4 is 27.7 Å². The number of nitrogens with one attached hydrogen (secondary N) is 2. The third kappa shape index (κ3) is 4.22. The van der Waals surface area contributed by atoms with Gasteiger partial charge in [0.05, 0.1) is 29.4 Å². The second kappa shape index (κ2) is 8.83. The number of rotatable bonds is 5. The minimum atomic E-state index is -0.945. The molecule has 4 heterocycles. The van der Waals surface area contributed by atoms with Crippen LogP contribution in [0.2, 0.25) is 0 Å². The molecule has 1 aliphatic rings. The third-order valence-electron chi connectivity index (χ3n) is 7.04. The number of benzene rings is 1. The van der Waals surface area contributed by atoms with Gasteiger partial charge >= 0.3 is 0 Å².